The van der Waals surface area contributed by atoms with Gasteiger partial charge in [-0.25, -0.2) is 0 Å². The molecule has 0 amide bonds. The van der Waals surface area contributed by atoms with E-state index in [4.69, 9.17) is 15.0 Å². The molecule has 0 heterocycles. The monoisotopic (exact) mass is 119 g/mol. The van der Waals surface area contributed by atoms with Crippen LogP contribution >= 0.6 is 0 Å². The minimum Gasteiger partial charge on any atom is -0.652 e. The largest absolute Gasteiger partial charge is 1.00 e. The molecule has 0 aromatic carbocycles. The molecule has 0 saturated heterocycles. The van der Waals surface area contributed by atoms with Gasteiger partial charge in [0, 0.05) is 0 Å². The molecule has 0 fully saturated rings. The summed E-state index contributed by atoms with van der Waals surface area (Å²) in [5.41, 5.74) is 0. The van der Waals surface area contributed by atoms with Crippen LogP contribution in [0.15, 0.2) is 0 Å². The standard InChI is InChI=1S/CH2O3.Na.2H2O/c2-1(3)4;;;/h(H2,2,3,4);;2*1H2/q;+1;;/p-2. The van der Waals surface area contributed by atoms with E-state index in [-0.39, 0.29) is 40.5 Å². The summed E-state index contributed by atoms with van der Waals surface area (Å²) in [5, 5.41) is 16.7. The first-order valence-corrected chi connectivity index (χ1v) is 0.612. The summed E-state index contributed by atoms with van der Waals surface area (Å²) in [4.78, 5) is 8.33. The van der Waals surface area contributed by atoms with Gasteiger partial charge in [-0.2, -0.15) is 0 Å². The second-order valence-electron chi connectivity index (χ2n) is 0.250. The van der Waals surface area contributed by atoms with Crippen LogP contribution in [0.25, 0.3) is 0 Å². The Morgan fingerprint density at radius 2 is 1.14 bits per heavy atom. The summed E-state index contributed by atoms with van der Waals surface area (Å²) < 4.78 is 0. The molecular weight excluding hydrogens is 115 g/mol. The fourth-order valence-electron chi connectivity index (χ4n) is 0. The molecule has 0 radical (unpaired) electrons. The van der Waals surface area contributed by atoms with Gasteiger partial charge in [0.25, 0.3) is 0 Å². The third-order valence-corrected chi connectivity index (χ3v) is 0. The second kappa shape index (κ2) is 16.4. The first-order chi connectivity index (χ1) is 1.73. The molecule has 4 N–H and O–H groups in total. The fourth-order valence-corrected chi connectivity index (χ4v) is 0. The van der Waals surface area contributed by atoms with E-state index in [1.54, 1.807) is 0 Å². The van der Waals surface area contributed by atoms with Crippen molar-refractivity contribution in [1.82, 2.24) is 0 Å². The van der Waals surface area contributed by atoms with Gasteiger partial charge in [0.1, 0.15) is 0 Å². The molecule has 0 rings (SSSR count). The molecule has 0 aromatic rings. The summed E-state index contributed by atoms with van der Waals surface area (Å²) in [6, 6.07) is 0. The number of hydrogen-bond donors (Lipinski definition) is 0. The van der Waals surface area contributed by atoms with Crippen LogP contribution in [0.5, 0.6) is 0 Å². The van der Waals surface area contributed by atoms with Gasteiger partial charge in [-0.05, 0) is 6.16 Å². The van der Waals surface area contributed by atoms with Crippen LogP contribution < -0.4 is 39.8 Å². The van der Waals surface area contributed by atoms with Crippen molar-refractivity contribution in [2.24, 2.45) is 0 Å². The molecule has 0 unspecified atom stereocenters. The zero-order valence-corrected chi connectivity index (χ0v) is 5.72. The van der Waals surface area contributed by atoms with Crippen molar-refractivity contribution >= 4 is 6.16 Å². The molecule has 5 nitrogen and oxygen atoms in total. The van der Waals surface area contributed by atoms with Crippen molar-refractivity contribution < 1.29 is 55.5 Å². The summed E-state index contributed by atoms with van der Waals surface area (Å²) in [6.07, 6.45) is -2.33. The maximum absolute atomic E-state index is 8.33. The molecule has 0 aromatic heterocycles. The third kappa shape index (κ3) is 3010. The molecule has 0 spiro atoms. The van der Waals surface area contributed by atoms with E-state index in [9.17, 15) is 0 Å². The van der Waals surface area contributed by atoms with Crippen LogP contribution in [0, 0.1) is 0 Å². The molecule has 40 valence electrons. The van der Waals surface area contributed by atoms with Crippen LogP contribution in [-0.2, 0) is 0 Å². The molecule has 7 heavy (non-hydrogen) atoms. The number of carbonyl (C=O) groups excluding carboxylic acids is 1. The number of carboxylic acid groups (broad SMARTS) is 2. The van der Waals surface area contributed by atoms with E-state index in [1.807, 2.05) is 0 Å². The molecule has 0 bridgehead atoms. The summed E-state index contributed by atoms with van der Waals surface area (Å²) in [5.74, 6) is 0. The van der Waals surface area contributed by atoms with E-state index >= 15 is 0 Å². The molecule has 0 aliphatic rings. The molecular formula is CH4NaO5-. The maximum Gasteiger partial charge on any atom is 1.00 e. The normalized spacial score (nSPS) is 3.43. The summed E-state index contributed by atoms with van der Waals surface area (Å²) >= 11 is 0. The molecule has 0 aliphatic carbocycles. The van der Waals surface area contributed by atoms with Crippen molar-refractivity contribution in [1.29, 1.82) is 0 Å². The van der Waals surface area contributed by atoms with Gasteiger partial charge in [-0.15, -0.1) is 0 Å². The van der Waals surface area contributed by atoms with E-state index in [0.717, 1.165) is 0 Å². The van der Waals surface area contributed by atoms with Crippen LogP contribution in [0.3, 0.4) is 0 Å². The number of hydrogen-bond acceptors (Lipinski definition) is 3. The van der Waals surface area contributed by atoms with Gasteiger partial charge in [0.15, 0.2) is 0 Å². The van der Waals surface area contributed by atoms with Gasteiger partial charge in [-0.3, -0.25) is 0 Å². The Morgan fingerprint density at radius 3 is 1.14 bits per heavy atom. The average Bonchev–Trinajstić information content (AvgIpc) is 0.811. The van der Waals surface area contributed by atoms with E-state index in [0.29, 0.717) is 0 Å². The number of rotatable bonds is 0. The first-order valence-electron chi connectivity index (χ1n) is 0.612. The Bertz CT molecular complexity index is 31.1. The van der Waals surface area contributed by atoms with Crippen molar-refractivity contribution in [2.75, 3.05) is 0 Å². The SMILES string of the molecule is O.O.O=C([O-])[O-].[Na+]. The Balaban J connectivity index is -0.0000000150. The van der Waals surface area contributed by atoms with E-state index < -0.39 is 6.16 Å². The maximum atomic E-state index is 8.33. The minimum atomic E-state index is -2.33. The third-order valence-electron chi connectivity index (χ3n) is 0. The van der Waals surface area contributed by atoms with Gasteiger partial charge in [0.05, 0.1) is 0 Å². The van der Waals surface area contributed by atoms with Crippen LogP contribution in [0.1, 0.15) is 0 Å². The van der Waals surface area contributed by atoms with Crippen LogP contribution in [0.2, 0.25) is 0 Å². The quantitative estimate of drug-likeness (QED) is 0.294. The van der Waals surface area contributed by atoms with Gasteiger partial charge < -0.3 is 26.0 Å². The predicted octanol–water partition coefficient (Wildman–Crippen LogP) is -7.09. The van der Waals surface area contributed by atoms with Crippen LogP contribution in [-0.4, -0.2) is 17.1 Å². The van der Waals surface area contributed by atoms with Crippen LogP contribution in [0.4, 0.5) is 4.79 Å². The zero-order chi connectivity index (χ0) is 3.58. The smallest absolute Gasteiger partial charge is 0.652 e. The Labute approximate surface area is 61.9 Å². The second-order valence-corrected chi connectivity index (χ2v) is 0.250. The van der Waals surface area contributed by atoms with Crippen molar-refractivity contribution in [3.05, 3.63) is 0 Å². The number of carbonyl (C=O) groups is 1. The molecule has 0 saturated carbocycles. The molecule has 0 atom stereocenters. The van der Waals surface area contributed by atoms with Gasteiger partial charge >= 0.3 is 29.6 Å². The predicted molar refractivity (Wildman–Crippen MR) is 12.6 cm³/mol. The Hall–Kier alpha value is 0.190. The topological polar surface area (TPSA) is 126 Å². The Kier molecular flexibility index (Phi) is 63.4. The molecule has 6 heteroatoms. The fraction of sp³-hybridized carbons (Fsp3) is 0. The van der Waals surface area contributed by atoms with Crippen molar-refractivity contribution in [3.63, 3.8) is 0 Å². The minimum absolute atomic E-state index is 0. The Morgan fingerprint density at radius 1 is 1.14 bits per heavy atom. The van der Waals surface area contributed by atoms with Gasteiger partial charge in [0.2, 0.25) is 0 Å². The summed E-state index contributed by atoms with van der Waals surface area (Å²) in [7, 11) is 0. The average molecular weight is 119 g/mol. The molecule has 0 aliphatic heterocycles. The van der Waals surface area contributed by atoms with Crippen molar-refractivity contribution in [3.8, 4) is 0 Å². The van der Waals surface area contributed by atoms with E-state index in [2.05, 4.69) is 0 Å². The van der Waals surface area contributed by atoms with Crippen molar-refractivity contribution in [2.45, 2.75) is 0 Å². The zero-order valence-electron chi connectivity index (χ0n) is 3.72. The summed E-state index contributed by atoms with van der Waals surface area (Å²) in [6.45, 7) is 0. The first kappa shape index (κ1) is 27.1. The van der Waals surface area contributed by atoms with E-state index in [1.165, 1.54) is 0 Å². The van der Waals surface area contributed by atoms with Gasteiger partial charge in [-0.1, -0.05) is 0 Å².